The number of ether oxygens (including phenoxy) is 1. The predicted octanol–water partition coefficient (Wildman–Crippen LogP) is 3.13. The van der Waals surface area contributed by atoms with E-state index in [0.29, 0.717) is 0 Å². The molecule has 18 heavy (non-hydrogen) atoms. The lowest BCUT2D eigenvalue weighted by molar-refractivity contribution is 0.0417. The van der Waals surface area contributed by atoms with Crippen LogP contribution in [0.3, 0.4) is 0 Å². The minimum absolute atomic E-state index is 0.0360. The van der Waals surface area contributed by atoms with Crippen molar-refractivity contribution >= 4 is 11.3 Å². The van der Waals surface area contributed by atoms with Crippen molar-refractivity contribution in [2.45, 2.75) is 65.0 Å². The van der Waals surface area contributed by atoms with Crippen LogP contribution >= 0.6 is 11.3 Å². The number of nitrogens with zero attached hydrogens (tertiary/aromatic N) is 1. The highest BCUT2D eigenvalue weighted by Gasteiger charge is 2.21. The molecule has 2 atom stereocenters. The van der Waals surface area contributed by atoms with Crippen molar-refractivity contribution in [3.05, 3.63) is 16.1 Å². The smallest absolute Gasteiger partial charge is 0.0944 e. The summed E-state index contributed by atoms with van der Waals surface area (Å²) in [6, 6.07) is 0.0360. The molecule has 1 aromatic heterocycles. The second kappa shape index (κ2) is 6.64. The molecule has 1 aromatic rings. The van der Waals surface area contributed by atoms with Gasteiger partial charge in [0.2, 0.25) is 0 Å². The van der Waals surface area contributed by atoms with Gasteiger partial charge in [-0.1, -0.05) is 27.7 Å². The van der Waals surface area contributed by atoms with E-state index in [1.807, 2.05) is 6.92 Å². The van der Waals surface area contributed by atoms with Crippen LogP contribution in [0.25, 0.3) is 0 Å². The number of hydrogen-bond donors (Lipinski definition) is 1. The number of nitrogens with two attached hydrogens (primary N) is 1. The maximum Gasteiger partial charge on any atom is 0.0944 e. The molecule has 0 aliphatic heterocycles. The average Bonchev–Trinajstić information content (AvgIpc) is 2.73. The van der Waals surface area contributed by atoms with Crippen LogP contribution in [0.1, 0.15) is 51.7 Å². The molecule has 0 bridgehead atoms. The molecule has 0 saturated heterocycles. The number of rotatable bonds is 6. The number of aromatic nitrogens is 1. The van der Waals surface area contributed by atoms with Gasteiger partial charge in [-0.15, -0.1) is 11.3 Å². The fraction of sp³-hybridized carbons (Fsp3) is 0.786. The van der Waals surface area contributed by atoms with E-state index in [4.69, 9.17) is 10.5 Å². The second-order valence-corrected chi connectivity index (χ2v) is 6.59. The van der Waals surface area contributed by atoms with E-state index in [1.165, 1.54) is 0 Å². The molecule has 2 N–H and O–H groups in total. The van der Waals surface area contributed by atoms with Gasteiger partial charge in [0.15, 0.2) is 0 Å². The van der Waals surface area contributed by atoms with E-state index in [0.717, 1.165) is 30.2 Å². The first-order valence-electron chi connectivity index (χ1n) is 6.70. The first kappa shape index (κ1) is 15.6. The Hall–Kier alpha value is -0.450. The Morgan fingerprint density at radius 2 is 2.06 bits per heavy atom. The predicted molar refractivity (Wildman–Crippen MR) is 78.2 cm³/mol. The SMILES string of the molecule is CCOC(CC)C(N)Cc1nc(C(C)(C)C)cs1. The van der Waals surface area contributed by atoms with Crippen LogP contribution in [0.2, 0.25) is 0 Å². The van der Waals surface area contributed by atoms with E-state index in [9.17, 15) is 0 Å². The van der Waals surface area contributed by atoms with E-state index < -0.39 is 0 Å². The van der Waals surface area contributed by atoms with Crippen LogP contribution in [0, 0.1) is 0 Å². The summed E-state index contributed by atoms with van der Waals surface area (Å²) in [5.41, 5.74) is 7.47. The molecular weight excluding hydrogens is 244 g/mol. The molecular formula is C14H26N2OS. The molecule has 104 valence electrons. The fourth-order valence-corrected chi connectivity index (χ4v) is 2.93. The van der Waals surface area contributed by atoms with Crippen LogP contribution in [0.4, 0.5) is 0 Å². The fourth-order valence-electron chi connectivity index (χ4n) is 1.84. The molecule has 0 saturated carbocycles. The summed E-state index contributed by atoms with van der Waals surface area (Å²) in [5, 5.41) is 3.26. The lowest BCUT2D eigenvalue weighted by Gasteiger charge is -2.21. The van der Waals surface area contributed by atoms with Gasteiger partial charge in [0, 0.05) is 29.9 Å². The van der Waals surface area contributed by atoms with Crippen molar-refractivity contribution in [3.8, 4) is 0 Å². The lowest BCUT2D eigenvalue weighted by atomic mass is 9.93. The lowest BCUT2D eigenvalue weighted by Crippen LogP contribution is -2.38. The molecule has 0 spiro atoms. The van der Waals surface area contributed by atoms with E-state index in [1.54, 1.807) is 11.3 Å². The maximum atomic E-state index is 6.21. The summed E-state index contributed by atoms with van der Waals surface area (Å²) in [6.07, 6.45) is 1.89. The molecule has 0 amide bonds. The number of thiazole rings is 1. The van der Waals surface area contributed by atoms with Crippen LogP contribution < -0.4 is 5.73 Å². The van der Waals surface area contributed by atoms with Gasteiger partial charge >= 0.3 is 0 Å². The topological polar surface area (TPSA) is 48.1 Å². The third-order valence-electron chi connectivity index (χ3n) is 2.99. The molecule has 0 radical (unpaired) electrons. The third-order valence-corrected chi connectivity index (χ3v) is 3.86. The minimum Gasteiger partial charge on any atom is -0.377 e. The second-order valence-electron chi connectivity index (χ2n) is 5.65. The maximum absolute atomic E-state index is 6.21. The summed E-state index contributed by atoms with van der Waals surface area (Å²) >= 11 is 1.70. The molecule has 0 fully saturated rings. The van der Waals surface area contributed by atoms with Gasteiger partial charge in [-0.3, -0.25) is 0 Å². The van der Waals surface area contributed by atoms with Gasteiger partial charge in [0.1, 0.15) is 0 Å². The molecule has 4 heteroatoms. The van der Waals surface area contributed by atoms with Crippen LogP contribution in [0.15, 0.2) is 5.38 Å². The Balaban J connectivity index is 2.64. The van der Waals surface area contributed by atoms with Crippen molar-refractivity contribution in [2.24, 2.45) is 5.73 Å². The molecule has 0 aliphatic carbocycles. The molecule has 1 heterocycles. The first-order valence-corrected chi connectivity index (χ1v) is 7.58. The van der Waals surface area contributed by atoms with Crippen molar-refractivity contribution in [3.63, 3.8) is 0 Å². The Kier molecular flexibility index (Phi) is 5.76. The zero-order chi connectivity index (χ0) is 13.8. The molecule has 3 nitrogen and oxygen atoms in total. The first-order chi connectivity index (χ1) is 8.38. The van der Waals surface area contributed by atoms with Gasteiger partial charge in [-0.05, 0) is 13.3 Å². The zero-order valence-corrected chi connectivity index (χ0v) is 13.0. The molecule has 1 rings (SSSR count). The summed E-state index contributed by atoms with van der Waals surface area (Å²) in [7, 11) is 0. The monoisotopic (exact) mass is 270 g/mol. The Bertz CT molecular complexity index is 357. The summed E-state index contributed by atoms with van der Waals surface area (Å²) < 4.78 is 5.65. The Labute approximate surface area is 115 Å². The standard InChI is InChI=1S/C14H26N2OS/c1-6-11(17-7-2)10(15)8-13-16-12(9-18-13)14(3,4)5/h9-11H,6-8,15H2,1-5H3. The molecule has 0 aromatic carbocycles. The highest BCUT2D eigenvalue weighted by molar-refractivity contribution is 7.09. The van der Waals surface area contributed by atoms with Gasteiger partial charge in [-0.25, -0.2) is 4.98 Å². The van der Waals surface area contributed by atoms with Crippen molar-refractivity contribution in [1.82, 2.24) is 4.98 Å². The summed E-state index contributed by atoms with van der Waals surface area (Å²) in [5.74, 6) is 0. The summed E-state index contributed by atoms with van der Waals surface area (Å²) in [6.45, 7) is 11.4. The minimum atomic E-state index is 0.0360. The van der Waals surface area contributed by atoms with Gasteiger partial charge in [-0.2, -0.15) is 0 Å². The summed E-state index contributed by atoms with van der Waals surface area (Å²) in [4.78, 5) is 4.68. The van der Waals surface area contributed by atoms with E-state index >= 15 is 0 Å². The van der Waals surface area contributed by atoms with Gasteiger partial charge in [0.05, 0.1) is 16.8 Å². The van der Waals surface area contributed by atoms with Crippen LogP contribution in [-0.4, -0.2) is 23.7 Å². The van der Waals surface area contributed by atoms with Gasteiger partial charge < -0.3 is 10.5 Å². The largest absolute Gasteiger partial charge is 0.377 e. The highest BCUT2D eigenvalue weighted by Crippen LogP contribution is 2.24. The van der Waals surface area contributed by atoms with Crippen LogP contribution in [-0.2, 0) is 16.6 Å². The Morgan fingerprint density at radius 1 is 1.39 bits per heavy atom. The van der Waals surface area contributed by atoms with Crippen molar-refractivity contribution < 1.29 is 4.74 Å². The third kappa shape index (κ3) is 4.34. The zero-order valence-electron chi connectivity index (χ0n) is 12.2. The molecule has 0 aliphatic rings. The van der Waals surface area contributed by atoms with E-state index in [-0.39, 0.29) is 17.6 Å². The van der Waals surface area contributed by atoms with Gasteiger partial charge in [0.25, 0.3) is 0 Å². The quantitative estimate of drug-likeness (QED) is 0.864. The van der Waals surface area contributed by atoms with Crippen LogP contribution in [0.5, 0.6) is 0 Å². The van der Waals surface area contributed by atoms with Crippen molar-refractivity contribution in [1.29, 1.82) is 0 Å². The highest BCUT2D eigenvalue weighted by atomic mass is 32.1. The number of hydrogen-bond acceptors (Lipinski definition) is 4. The molecule has 2 unspecified atom stereocenters. The van der Waals surface area contributed by atoms with E-state index in [2.05, 4.69) is 38.1 Å². The van der Waals surface area contributed by atoms with Crippen molar-refractivity contribution in [2.75, 3.05) is 6.61 Å². The normalized spacial score (nSPS) is 15.7. The Morgan fingerprint density at radius 3 is 2.50 bits per heavy atom. The average molecular weight is 270 g/mol.